The summed E-state index contributed by atoms with van der Waals surface area (Å²) in [5.74, 6) is 0.214. The molecule has 1 heterocycles. The second-order valence-electron chi connectivity index (χ2n) is 7.15. The molecular weight excluding hydrogens is 418 g/mol. The zero-order valence-electron chi connectivity index (χ0n) is 17.7. The highest BCUT2D eigenvalue weighted by atomic mass is 32.2. The van der Waals surface area contributed by atoms with Crippen molar-refractivity contribution in [2.45, 2.75) is 24.7 Å². The van der Waals surface area contributed by atoms with Gasteiger partial charge in [-0.15, -0.1) is 0 Å². The van der Waals surface area contributed by atoms with Gasteiger partial charge in [0.1, 0.15) is 5.75 Å². The van der Waals surface area contributed by atoms with E-state index in [9.17, 15) is 13.2 Å². The average Bonchev–Trinajstić information content (AvgIpc) is 2.80. The lowest BCUT2D eigenvalue weighted by molar-refractivity contribution is -0.118. The van der Waals surface area contributed by atoms with Crippen LogP contribution in [-0.2, 0) is 19.6 Å². The first-order valence-corrected chi connectivity index (χ1v) is 11.9. The van der Waals surface area contributed by atoms with E-state index in [0.717, 1.165) is 19.4 Å². The van der Waals surface area contributed by atoms with Crippen molar-refractivity contribution in [3.05, 3.63) is 48.5 Å². The van der Waals surface area contributed by atoms with Gasteiger partial charge in [0.25, 0.3) is 5.91 Å². The molecule has 1 saturated heterocycles. The normalized spacial score (nSPS) is 14.7. The minimum absolute atomic E-state index is 0.134. The van der Waals surface area contributed by atoms with Gasteiger partial charge in [-0.05, 0) is 36.8 Å². The summed E-state index contributed by atoms with van der Waals surface area (Å²) in [5, 5.41) is 6.06. The number of para-hydroxylation sites is 1. The van der Waals surface area contributed by atoms with Gasteiger partial charge in [-0.3, -0.25) is 4.79 Å². The Balaban J connectivity index is 1.77. The monoisotopic (exact) mass is 447 g/mol. The number of nitrogens with zero attached hydrogens (tertiary/aromatic N) is 1. The molecule has 2 aromatic carbocycles. The van der Waals surface area contributed by atoms with Crippen molar-refractivity contribution in [2.24, 2.45) is 0 Å². The summed E-state index contributed by atoms with van der Waals surface area (Å²) < 4.78 is 38.2. The van der Waals surface area contributed by atoms with Gasteiger partial charge in [0.2, 0.25) is 10.0 Å². The maximum atomic E-state index is 13.0. The Morgan fingerprint density at radius 3 is 2.55 bits per heavy atom. The van der Waals surface area contributed by atoms with Crippen molar-refractivity contribution >= 4 is 27.3 Å². The molecule has 1 aliphatic rings. The van der Waals surface area contributed by atoms with Crippen molar-refractivity contribution in [3.63, 3.8) is 0 Å². The smallest absolute Gasteiger partial charge is 0.262 e. The number of unbranched alkanes of at least 4 members (excludes halogenated alkanes) is 1. The number of benzene rings is 2. The Labute approximate surface area is 183 Å². The fraction of sp³-hybridized carbons (Fsp3) is 0.409. The summed E-state index contributed by atoms with van der Waals surface area (Å²) >= 11 is 0. The molecule has 0 spiro atoms. The third-order valence-electron chi connectivity index (χ3n) is 4.83. The average molecular weight is 448 g/mol. The standard InChI is InChI=1S/C22H29N3O5S/c1-2-3-11-23-20-10-9-19(31(27,28)25-12-14-29-15-13-25)16-21(20)24-22(26)17-30-18-7-5-4-6-8-18/h4-10,16,23H,2-3,11-15,17H2,1H3,(H,24,26). The molecule has 31 heavy (non-hydrogen) atoms. The number of nitrogens with one attached hydrogen (secondary N) is 2. The van der Waals surface area contributed by atoms with Crippen molar-refractivity contribution < 1.29 is 22.7 Å². The van der Waals surface area contributed by atoms with Gasteiger partial charge in [0.05, 0.1) is 29.5 Å². The quantitative estimate of drug-likeness (QED) is 0.544. The van der Waals surface area contributed by atoms with Crippen LogP contribution in [0, 0.1) is 0 Å². The first-order valence-electron chi connectivity index (χ1n) is 10.4. The molecule has 0 aromatic heterocycles. The van der Waals surface area contributed by atoms with Crippen LogP contribution in [-0.4, -0.2) is 58.1 Å². The number of carbonyl (C=O) groups excluding carboxylic acids is 1. The van der Waals surface area contributed by atoms with Crippen molar-refractivity contribution in [1.29, 1.82) is 0 Å². The number of sulfonamides is 1. The summed E-state index contributed by atoms with van der Waals surface area (Å²) in [6.45, 7) is 3.99. The number of morpholine rings is 1. The van der Waals surface area contributed by atoms with Crippen molar-refractivity contribution in [2.75, 3.05) is 50.1 Å². The van der Waals surface area contributed by atoms with E-state index in [4.69, 9.17) is 9.47 Å². The van der Waals surface area contributed by atoms with Crippen molar-refractivity contribution in [1.82, 2.24) is 4.31 Å². The predicted octanol–water partition coefficient (Wildman–Crippen LogP) is 2.94. The highest BCUT2D eigenvalue weighted by Gasteiger charge is 2.27. The lowest BCUT2D eigenvalue weighted by Crippen LogP contribution is -2.40. The van der Waals surface area contributed by atoms with Gasteiger partial charge >= 0.3 is 0 Å². The van der Waals surface area contributed by atoms with E-state index < -0.39 is 10.0 Å². The minimum Gasteiger partial charge on any atom is -0.484 e. The van der Waals surface area contributed by atoms with Crippen LogP contribution in [0.2, 0.25) is 0 Å². The third kappa shape index (κ3) is 6.43. The molecular formula is C22H29N3O5S. The Kier molecular flexibility index (Phi) is 8.27. The van der Waals surface area contributed by atoms with Crippen LogP contribution in [0.25, 0.3) is 0 Å². The van der Waals surface area contributed by atoms with Crippen molar-refractivity contribution in [3.8, 4) is 5.75 Å². The Morgan fingerprint density at radius 2 is 1.84 bits per heavy atom. The summed E-state index contributed by atoms with van der Waals surface area (Å²) in [6, 6.07) is 13.8. The molecule has 8 nitrogen and oxygen atoms in total. The molecule has 0 saturated carbocycles. The lowest BCUT2D eigenvalue weighted by atomic mass is 10.2. The fourth-order valence-electron chi connectivity index (χ4n) is 3.13. The van der Waals surface area contributed by atoms with Crippen LogP contribution in [0.5, 0.6) is 5.75 Å². The van der Waals surface area contributed by atoms with E-state index in [1.807, 2.05) is 18.2 Å². The van der Waals surface area contributed by atoms with Gasteiger partial charge in [-0.25, -0.2) is 8.42 Å². The summed E-state index contributed by atoms with van der Waals surface area (Å²) in [4.78, 5) is 12.6. The van der Waals surface area contributed by atoms with Gasteiger partial charge in [0.15, 0.2) is 6.61 Å². The molecule has 0 bridgehead atoms. The molecule has 168 valence electrons. The number of ether oxygens (including phenoxy) is 2. The Morgan fingerprint density at radius 1 is 1.10 bits per heavy atom. The lowest BCUT2D eigenvalue weighted by Gasteiger charge is -2.26. The molecule has 0 unspecified atom stereocenters. The van der Waals surface area contributed by atoms with E-state index in [2.05, 4.69) is 17.6 Å². The van der Waals surface area contributed by atoms with Crippen LogP contribution < -0.4 is 15.4 Å². The van der Waals surface area contributed by atoms with Gasteiger partial charge in [-0.1, -0.05) is 31.5 Å². The largest absolute Gasteiger partial charge is 0.484 e. The summed E-state index contributed by atoms with van der Waals surface area (Å²) in [5.41, 5.74) is 1.08. The molecule has 3 rings (SSSR count). The number of amides is 1. The fourth-order valence-corrected chi connectivity index (χ4v) is 4.56. The molecule has 2 N–H and O–H groups in total. The first kappa shape index (κ1) is 23.1. The second-order valence-corrected chi connectivity index (χ2v) is 9.09. The third-order valence-corrected chi connectivity index (χ3v) is 6.73. The highest BCUT2D eigenvalue weighted by molar-refractivity contribution is 7.89. The number of rotatable bonds is 10. The van der Waals surface area contributed by atoms with E-state index in [1.54, 1.807) is 24.3 Å². The maximum Gasteiger partial charge on any atom is 0.262 e. The highest BCUT2D eigenvalue weighted by Crippen LogP contribution is 2.28. The SMILES string of the molecule is CCCCNc1ccc(S(=O)(=O)N2CCOCC2)cc1NC(=O)COc1ccccc1. The van der Waals surface area contributed by atoms with Gasteiger partial charge in [-0.2, -0.15) is 4.31 Å². The predicted molar refractivity (Wildman–Crippen MR) is 120 cm³/mol. The molecule has 1 amide bonds. The van der Waals surface area contributed by atoms with Crippen LogP contribution >= 0.6 is 0 Å². The van der Waals surface area contributed by atoms with E-state index in [1.165, 1.54) is 10.4 Å². The number of hydrogen-bond acceptors (Lipinski definition) is 6. The molecule has 0 aliphatic carbocycles. The zero-order chi connectivity index (χ0) is 22.1. The molecule has 9 heteroatoms. The summed E-state index contributed by atoms with van der Waals surface area (Å²) in [7, 11) is -3.67. The van der Waals surface area contributed by atoms with Crippen LogP contribution in [0.15, 0.2) is 53.4 Å². The zero-order valence-corrected chi connectivity index (χ0v) is 18.5. The Hall–Kier alpha value is -2.62. The molecule has 2 aromatic rings. The molecule has 0 atom stereocenters. The van der Waals surface area contributed by atoms with E-state index in [0.29, 0.717) is 43.4 Å². The van der Waals surface area contributed by atoms with Crippen LogP contribution in [0.1, 0.15) is 19.8 Å². The van der Waals surface area contributed by atoms with Crippen LogP contribution in [0.3, 0.4) is 0 Å². The van der Waals surface area contributed by atoms with E-state index in [-0.39, 0.29) is 17.4 Å². The van der Waals surface area contributed by atoms with Gasteiger partial charge < -0.3 is 20.1 Å². The van der Waals surface area contributed by atoms with Crippen LogP contribution in [0.4, 0.5) is 11.4 Å². The van der Waals surface area contributed by atoms with Gasteiger partial charge in [0, 0.05) is 19.6 Å². The number of hydrogen-bond donors (Lipinski definition) is 2. The molecule has 1 fully saturated rings. The Bertz CT molecular complexity index is 960. The first-order chi connectivity index (χ1) is 15.0. The molecule has 1 aliphatic heterocycles. The van der Waals surface area contributed by atoms with E-state index >= 15 is 0 Å². The number of carbonyl (C=O) groups is 1. The minimum atomic E-state index is -3.67. The number of anilines is 2. The summed E-state index contributed by atoms with van der Waals surface area (Å²) in [6.07, 6.45) is 1.97. The second kappa shape index (κ2) is 11.1. The maximum absolute atomic E-state index is 13.0. The topological polar surface area (TPSA) is 97.0 Å². The molecule has 0 radical (unpaired) electrons.